The number of nitrogens with zero attached hydrogens (tertiary/aromatic N) is 3. The predicted molar refractivity (Wildman–Crippen MR) is 86.6 cm³/mol. The molecule has 0 spiro atoms. The van der Waals surface area contributed by atoms with Crippen molar-refractivity contribution in [2.45, 2.75) is 36.9 Å². The highest BCUT2D eigenvalue weighted by atomic mass is 32.2. The minimum Gasteiger partial charge on any atom is -0.395 e. The zero-order chi connectivity index (χ0) is 15.0. The Kier molecular flexibility index (Phi) is 3.63. The fourth-order valence-corrected chi connectivity index (χ4v) is 3.25. The van der Waals surface area contributed by atoms with Crippen molar-refractivity contribution in [1.29, 1.82) is 0 Å². The summed E-state index contributed by atoms with van der Waals surface area (Å²) in [6.07, 6.45) is 1.94. The van der Waals surface area contributed by atoms with E-state index in [-0.39, 0.29) is 0 Å². The standard InChI is InChI=1S/C15H19N5S/c1-4-5-11-13(16)14(20(3)19-11)21-15-17-10-7-6-9(2)8-12(10)18-15/h6-8H,4-5,16H2,1-3H3,(H,17,18). The van der Waals surface area contributed by atoms with E-state index < -0.39 is 0 Å². The Balaban J connectivity index is 1.94. The molecule has 0 bridgehead atoms. The number of rotatable bonds is 4. The van der Waals surface area contributed by atoms with Crippen molar-refractivity contribution in [2.75, 3.05) is 5.73 Å². The molecule has 21 heavy (non-hydrogen) atoms. The Hall–Kier alpha value is -1.95. The molecule has 3 rings (SSSR count). The van der Waals surface area contributed by atoms with Gasteiger partial charge in [0.15, 0.2) is 5.16 Å². The highest BCUT2D eigenvalue weighted by molar-refractivity contribution is 7.99. The third kappa shape index (κ3) is 2.63. The molecule has 6 heteroatoms. The summed E-state index contributed by atoms with van der Waals surface area (Å²) in [5.41, 5.74) is 11.2. The number of benzene rings is 1. The average molecular weight is 301 g/mol. The minimum absolute atomic E-state index is 0.765. The second kappa shape index (κ2) is 5.44. The zero-order valence-electron chi connectivity index (χ0n) is 12.5. The number of anilines is 1. The molecule has 0 amide bonds. The molecule has 0 saturated carbocycles. The van der Waals surface area contributed by atoms with E-state index in [1.54, 1.807) is 0 Å². The topological polar surface area (TPSA) is 72.5 Å². The summed E-state index contributed by atoms with van der Waals surface area (Å²) in [5.74, 6) is 0. The maximum Gasteiger partial charge on any atom is 0.172 e. The van der Waals surface area contributed by atoms with Crippen LogP contribution >= 0.6 is 11.8 Å². The molecule has 0 aliphatic carbocycles. The Morgan fingerprint density at radius 1 is 1.38 bits per heavy atom. The summed E-state index contributed by atoms with van der Waals surface area (Å²) in [6, 6.07) is 6.19. The van der Waals surface area contributed by atoms with Gasteiger partial charge in [-0.3, -0.25) is 4.68 Å². The minimum atomic E-state index is 0.765. The van der Waals surface area contributed by atoms with E-state index in [2.05, 4.69) is 41.0 Å². The first-order valence-corrected chi connectivity index (χ1v) is 7.85. The van der Waals surface area contributed by atoms with Crippen molar-refractivity contribution in [3.05, 3.63) is 29.5 Å². The van der Waals surface area contributed by atoms with Crippen LogP contribution in [0.4, 0.5) is 5.69 Å². The molecule has 0 atom stereocenters. The molecule has 1 aromatic carbocycles. The van der Waals surface area contributed by atoms with Crippen LogP contribution in [0, 0.1) is 6.92 Å². The molecule has 0 fully saturated rings. The molecule has 2 heterocycles. The van der Waals surface area contributed by atoms with Crippen LogP contribution < -0.4 is 5.73 Å². The molecule has 0 aliphatic rings. The maximum absolute atomic E-state index is 6.21. The summed E-state index contributed by atoms with van der Waals surface area (Å²) < 4.78 is 1.84. The summed E-state index contributed by atoms with van der Waals surface area (Å²) in [6.45, 7) is 4.20. The molecule has 0 unspecified atom stereocenters. The highest BCUT2D eigenvalue weighted by Crippen LogP contribution is 2.33. The van der Waals surface area contributed by atoms with Crippen LogP contribution in [-0.2, 0) is 13.5 Å². The third-order valence-electron chi connectivity index (χ3n) is 3.40. The number of fused-ring (bicyclic) bond motifs is 1. The molecular weight excluding hydrogens is 282 g/mol. The molecule has 0 radical (unpaired) electrons. The van der Waals surface area contributed by atoms with E-state index in [4.69, 9.17) is 5.73 Å². The van der Waals surface area contributed by atoms with Gasteiger partial charge < -0.3 is 10.7 Å². The number of nitrogens with one attached hydrogen (secondary N) is 1. The quantitative estimate of drug-likeness (QED) is 0.775. The van der Waals surface area contributed by atoms with Crippen molar-refractivity contribution in [2.24, 2.45) is 7.05 Å². The lowest BCUT2D eigenvalue weighted by Crippen LogP contribution is -1.94. The second-order valence-corrected chi connectivity index (χ2v) is 6.18. The van der Waals surface area contributed by atoms with Gasteiger partial charge in [-0.1, -0.05) is 19.4 Å². The van der Waals surface area contributed by atoms with Crippen LogP contribution in [0.2, 0.25) is 0 Å². The number of aromatic nitrogens is 4. The van der Waals surface area contributed by atoms with Gasteiger partial charge >= 0.3 is 0 Å². The Labute approximate surface area is 127 Å². The van der Waals surface area contributed by atoms with Gasteiger partial charge in [0, 0.05) is 7.05 Å². The number of aromatic amines is 1. The van der Waals surface area contributed by atoms with Gasteiger partial charge in [-0.25, -0.2) is 4.98 Å². The third-order valence-corrected chi connectivity index (χ3v) is 4.47. The first-order chi connectivity index (χ1) is 10.1. The number of nitrogen functional groups attached to an aromatic ring is 1. The summed E-state index contributed by atoms with van der Waals surface area (Å²) in [5, 5.41) is 6.27. The number of hydrogen-bond acceptors (Lipinski definition) is 4. The smallest absolute Gasteiger partial charge is 0.172 e. The number of imidazole rings is 1. The van der Waals surface area contributed by atoms with Crippen LogP contribution in [0.3, 0.4) is 0 Å². The van der Waals surface area contributed by atoms with Crippen LogP contribution in [-0.4, -0.2) is 19.7 Å². The van der Waals surface area contributed by atoms with E-state index in [0.717, 1.165) is 45.4 Å². The lowest BCUT2D eigenvalue weighted by Gasteiger charge is -1.99. The van der Waals surface area contributed by atoms with Crippen LogP contribution in [0.5, 0.6) is 0 Å². The first-order valence-electron chi connectivity index (χ1n) is 7.04. The summed E-state index contributed by atoms with van der Waals surface area (Å²) in [7, 11) is 1.92. The molecular formula is C15H19N5S. The Morgan fingerprint density at radius 2 is 2.19 bits per heavy atom. The van der Waals surface area contributed by atoms with Crippen LogP contribution in [0.1, 0.15) is 24.6 Å². The fraction of sp³-hybridized carbons (Fsp3) is 0.333. The summed E-state index contributed by atoms with van der Waals surface area (Å²) >= 11 is 1.53. The van der Waals surface area contributed by atoms with E-state index >= 15 is 0 Å². The molecule has 3 N–H and O–H groups in total. The number of aryl methyl sites for hydroxylation is 3. The predicted octanol–water partition coefficient (Wildman–Crippen LogP) is 3.29. The monoisotopic (exact) mass is 301 g/mol. The number of nitrogens with two attached hydrogens (primary N) is 1. The van der Waals surface area contributed by atoms with Gasteiger partial charge in [-0.15, -0.1) is 0 Å². The largest absolute Gasteiger partial charge is 0.395 e. The van der Waals surface area contributed by atoms with Gasteiger partial charge in [0.2, 0.25) is 0 Å². The van der Waals surface area contributed by atoms with Crippen molar-refractivity contribution in [3.63, 3.8) is 0 Å². The number of H-pyrrole nitrogens is 1. The molecule has 2 aromatic heterocycles. The average Bonchev–Trinajstić information content (AvgIpc) is 2.95. The van der Waals surface area contributed by atoms with Crippen molar-refractivity contribution < 1.29 is 0 Å². The lowest BCUT2D eigenvalue weighted by atomic mass is 10.2. The van der Waals surface area contributed by atoms with Gasteiger partial charge in [-0.05, 0) is 42.8 Å². The SMILES string of the molecule is CCCc1nn(C)c(Sc2nc3ccc(C)cc3[nH]2)c1N. The van der Waals surface area contributed by atoms with E-state index in [1.807, 2.05) is 17.8 Å². The van der Waals surface area contributed by atoms with Gasteiger partial charge in [0.1, 0.15) is 5.03 Å². The Morgan fingerprint density at radius 3 is 2.95 bits per heavy atom. The molecule has 0 saturated heterocycles. The summed E-state index contributed by atoms with van der Waals surface area (Å²) in [4.78, 5) is 7.93. The van der Waals surface area contributed by atoms with Crippen LogP contribution in [0.25, 0.3) is 11.0 Å². The van der Waals surface area contributed by atoms with Gasteiger partial charge in [0.25, 0.3) is 0 Å². The zero-order valence-corrected chi connectivity index (χ0v) is 13.3. The molecule has 0 aliphatic heterocycles. The van der Waals surface area contributed by atoms with Gasteiger partial charge in [0.05, 0.1) is 22.4 Å². The van der Waals surface area contributed by atoms with Crippen LogP contribution in [0.15, 0.2) is 28.4 Å². The highest BCUT2D eigenvalue weighted by Gasteiger charge is 2.15. The van der Waals surface area contributed by atoms with Crippen molar-refractivity contribution in [1.82, 2.24) is 19.7 Å². The van der Waals surface area contributed by atoms with Gasteiger partial charge in [-0.2, -0.15) is 5.10 Å². The second-order valence-electron chi connectivity index (χ2n) is 5.20. The lowest BCUT2D eigenvalue weighted by molar-refractivity contribution is 0.681. The van der Waals surface area contributed by atoms with Crippen molar-refractivity contribution in [3.8, 4) is 0 Å². The van der Waals surface area contributed by atoms with E-state index in [9.17, 15) is 0 Å². The Bertz CT molecular complexity index is 787. The fourth-order valence-electron chi connectivity index (χ4n) is 2.36. The van der Waals surface area contributed by atoms with E-state index in [0.29, 0.717) is 0 Å². The number of hydrogen-bond donors (Lipinski definition) is 2. The molecule has 110 valence electrons. The molecule has 5 nitrogen and oxygen atoms in total. The van der Waals surface area contributed by atoms with Crippen molar-refractivity contribution >= 4 is 28.5 Å². The maximum atomic E-state index is 6.21. The van der Waals surface area contributed by atoms with E-state index in [1.165, 1.54) is 17.3 Å². The first kappa shape index (κ1) is 14.0. The normalized spacial score (nSPS) is 11.4. The molecule has 3 aromatic rings.